The van der Waals surface area contributed by atoms with Crippen molar-refractivity contribution in [2.45, 2.75) is 45.1 Å². The van der Waals surface area contributed by atoms with E-state index in [9.17, 15) is 26.3 Å². The fourth-order valence-electron chi connectivity index (χ4n) is 2.23. The van der Waals surface area contributed by atoms with Crippen LogP contribution in [0.15, 0.2) is 12.1 Å². The van der Waals surface area contributed by atoms with Gasteiger partial charge in [0.05, 0.1) is 18.2 Å². The second-order valence-electron chi connectivity index (χ2n) is 5.71. The Balaban J connectivity index is 3.47. The Morgan fingerprint density at radius 3 is 1.96 bits per heavy atom. The Bertz CT molecular complexity index is 536. The van der Waals surface area contributed by atoms with E-state index in [0.717, 1.165) is 7.11 Å². The Morgan fingerprint density at radius 1 is 1.00 bits per heavy atom. The van der Waals surface area contributed by atoms with Crippen LogP contribution in [0.4, 0.5) is 26.3 Å². The molecular weight excluding hydrogens is 324 g/mol. The standard InChI is InChI=1S/C15H19F6NO/c1-8(2)4-5-11(22)13-10(15(19,20)21)6-9(14(16,17)18)7-12(13)23-3/h6-8,11H,4-5,22H2,1-3H3/t11-/m0/s1. The normalized spacial score (nSPS) is 14.2. The Hall–Kier alpha value is -1.44. The number of nitrogens with two attached hydrogens (primary N) is 1. The molecule has 132 valence electrons. The maximum absolute atomic E-state index is 13.2. The van der Waals surface area contributed by atoms with Crippen LogP contribution in [0.2, 0.25) is 0 Å². The van der Waals surface area contributed by atoms with E-state index in [4.69, 9.17) is 10.5 Å². The van der Waals surface area contributed by atoms with Gasteiger partial charge in [0.15, 0.2) is 0 Å². The van der Waals surface area contributed by atoms with Crippen molar-refractivity contribution in [2.75, 3.05) is 7.11 Å². The molecule has 2 nitrogen and oxygen atoms in total. The van der Waals surface area contributed by atoms with Gasteiger partial charge in [0.2, 0.25) is 0 Å². The number of hydrogen-bond donors (Lipinski definition) is 1. The van der Waals surface area contributed by atoms with Gasteiger partial charge < -0.3 is 10.5 Å². The summed E-state index contributed by atoms with van der Waals surface area (Å²) in [4.78, 5) is 0. The van der Waals surface area contributed by atoms with Crippen LogP contribution in [0.25, 0.3) is 0 Å². The number of halogens is 6. The maximum atomic E-state index is 13.2. The Labute approximate surface area is 130 Å². The lowest BCUT2D eigenvalue weighted by molar-refractivity contribution is -0.143. The van der Waals surface area contributed by atoms with Gasteiger partial charge in [-0.15, -0.1) is 0 Å². The molecule has 0 spiro atoms. The molecule has 0 saturated carbocycles. The summed E-state index contributed by atoms with van der Waals surface area (Å²) < 4.78 is 82.8. The number of methoxy groups -OCH3 is 1. The highest BCUT2D eigenvalue weighted by atomic mass is 19.4. The largest absolute Gasteiger partial charge is 0.496 e. The van der Waals surface area contributed by atoms with Crippen molar-refractivity contribution in [3.63, 3.8) is 0 Å². The van der Waals surface area contributed by atoms with Crippen molar-refractivity contribution in [1.29, 1.82) is 0 Å². The summed E-state index contributed by atoms with van der Waals surface area (Å²) >= 11 is 0. The molecule has 1 aromatic rings. The highest BCUT2D eigenvalue weighted by Gasteiger charge is 2.41. The van der Waals surface area contributed by atoms with Crippen LogP contribution < -0.4 is 10.5 Å². The highest BCUT2D eigenvalue weighted by molar-refractivity contribution is 5.48. The average molecular weight is 343 g/mol. The quantitative estimate of drug-likeness (QED) is 0.749. The molecule has 0 aliphatic rings. The first-order chi connectivity index (χ1) is 10.4. The summed E-state index contributed by atoms with van der Waals surface area (Å²) in [5, 5.41) is 0. The van der Waals surface area contributed by atoms with Crippen LogP contribution in [0.3, 0.4) is 0 Å². The number of alkyl halides is 6. The van der Waals surface area contributed by atoms with Crippen LogP contribution >= 0.6 is 0 Å². The number of benzene rings is 1. The van der Waals surface area contributed by atoms with Gasteiger partial charge in [0.25, 0.3) is 0 Å². The summed E-state index contributed by atoms with van der Waals surface area (Å²) in [6.45, 7) is 3.75. The lowest BCUT2D eigenvalue weighted by Gasteiger charge is -2.23. The van der Waals surface area contributed by atoms with Crippen molar-refractivity contribution < 1.29 is 31.1 Å². The van der Waals surface area contributed by atoms with Crippen LogP contribution in [0, 0.1) is 5.92 Å². The van der Waals surface area contributed by atoms with Gasteiger partial charge in [0.1, 0.15) is 5.75 Å². The van der Waals surface area contributed by atoms with E-state index in [1.165, 1.54) is 0 Å². The third-order valence-corrected chi connectivity index (χ3v) is 3.42. The number of rotatable bonds is 5. The second-order valence-corrected chi connectivity index (χ2v) is 5.71. The fourth-order valence-corrected chi connectivity index (χ4v) is 2.23. The molecule has 0 unspecified atom stereocenters. The molecule has 0 fully saturated rings. The third kappa shape index (κ3) is 5.02. The Kier molecular flexibility index (Phi) is 5.95. The van der Waals surface area contributed by atoms with Crippen molar-refractivity contribution >= 4 is 0 Å². The lowest BCUT2D eigenvalue weighted by Crippen LogP contribution is -2.21. The van der Waals surface area contributed by atoms with Gasteiger partial charge in [0, 0.05) is 11.6 Å². The molecule has 0 aromatic heterocycles. The molecule has 0 aliphatic carbocycles. The molecule has 0 radical (unpaired) electrons. The minimum Gasteiger partial charge on any atom is -0.496 e. The SMILES string of the molecule is COc1cc(C(F)(F)F)cc(C(F)(F)F)c1[C@@H](N)CCC(C)C. The van der Waals surface area contributed by atoms with Crippen LogP contribution in [0.5, 0.6) is 5.75 Å². The fraction of sp³-hybridized carbons (Fsp3) is 0.600. The van der Waals surface area contributed by atoms with Gasteiger partial charge in [-0.3, -0.25) is 0 Å². The van der Waals surface area contributed by atoms with Crippen LogP contribution in [-0.2, 0) is 12.4 Å². The van der Waals surface area contributed by atoms with E-state index < -0.39 is 40.8 Å². The molecule has 2 N–H and O–H groups in total. The first kappa shape index (κ1) is 19.6. The summed E-state index contributed by atoms with van der Waals surface area (Å²) in [6, 6.07) is -0.418. The van der Waals surface area contributed by atoms with Crippen molar-refractivity contribution in [3.8, 4) is 5.75 Å². The van der Waals surface area contributed by atoms with Gasteiger partial charge in [-0.25, -0.2) is 0 Å². The van der Waals surface area contributed by atoms with Gasteiger partial charge in [-0.1, -0.05) is 13.8 Å². The van der Waals surface area contributed by atoms with Crippen LogP contribution in [-0.4, -0.2) is 7.11 Å². The number of ether oxygens (including phenoxy) is 1. The van der Waals surface area contributed by atoms with E-state index in [-0.39, 0.29) is 18.4 Å². The Morgan fingerprint density at radius 2 is 1.57 bits per heavy atom. The molecular formula is C15H19F6NO. The molecule has 0 amide bonds. The predicted molar refractivity (Wildman–Crippen MR) is 74.0 cm³/mol. The smallest absolute Gasteiger partial charge is 0.416 e. The van der Waals surface area contributed by atoms with Crippen molar-refractivity contribution in [3.05, 3.63) is 28.8 Å². The summed E-state index contributed by atoms with van der Waals surface area (Å²) in [5.41, 5.74) is 2.56. The zero-order valence-electron chi connectivity index (χ0n) is 13.0. The zero-order chi connectivity index (χ0) is 18.0. The van der Waals surface area contributed by atoms with E-state index in [2.05, 4.69) is 0 Å². The first-order valence-electron chi connectivity index (χ1n) is 6.99. The molecule has 8 heteroatoms. The summed E-state index contributed by atoms with van der Waals surface area (Å²) in [6.07, 6.45) is -9.11. The van der Waals surface area contributed by atoms with E-state index >= 15 is 0 Å². The highest BCUT2D eigenvalue weighted by Crippen LogP contribution is 2.44. The van der Waals surface area contributed by atoms with Crippen molar-refractivity contribution in [2.24, 2.45) is 11.7 Å². The molecule has 1 atom stereocenters. The second kappa shape index (κ2) is 6.98. The van der Waals surface area contributed by atoms with E-state index in [0.29, 0.717) is 12.5 Å². The lowest BCUT2D eigenvalue weighted by atomic mass is 9.92. The van der Waals surface area contributed by atoms with Gasteiger partial charge in [-0.05, 0) is 30.9 Å². The molecule has 0 heterocycles. The average Bonchev–Trinajstić information content (AvgIpc) is 2.41. The minimum atomic E-state index is -4.96. The van der Waals surface area contributed by atoms with Gasteiger partial charge in [-0.2, -0.15) is 26.3 Å². The monoisotopic (exact) mass is 343 g/mol. The topological polar surface area (TPSA) is 35.2 Å². The maximum Gasteiger partial charge on any atom is 0.416 e. The van der Waals surface area contributed by atoms with E-state index in [1.54, 1.807) is 0 Å². The molecule has 0 bridgehead atoms. The minimum absolute atomic E-state index is 0.0904. The summed E-state index contributed by atoms with van der Waals surface area (Å²) in [5.74, 6) is -0.292. The molecule has 0 aliphatic heterocycles. The van der Waals surface area contributed by atoms with E-state index in [1.807, 2.05) is 13.8 Å². The molecule has 1 aromatic carbocycles. The number of hydrogen-bond acceptors (Lipinski definition) is 2. The third-order valence-electron chi connectivity index (χ3n) is 3.42. The molecule has 1 rings (SSSR count). The van der Waals surface area contributed by atoms with Crippen LogP contribution in [0.1, 0.15) is 49.4 Å². The van der Waals surface area contributed by atoms with Gasteiger partial charge >= 0.3 is 12.4 Å². The van der Waals surface area contributed by atoms with Crippen molar-refractivity contribution in [1.82, 2.24) is 0 Å². The summed E-state index contributed by atoms with van der Waals surface area (Å²) in [7, 11) is 1.02. The molecule has 0 saturated heterocycles. The first-order valence-corrected chi connectivity index (χ1v) is 6.99. The molecule has 23 heavy (non-hydrogen) atoms. The predicted octanol–water partition coefficient (Wildman–Crippen LogP) is 5.17. The zero-order valence-corrected chi connectivity index (χ0v) is 13.0.